The van der Waals surface area contributed by atoms with E-state index in [4.69, 9.17) is 4.74 Å². The lowest BCUT2D eigenvalue weighted by atomic mass is 10.1. The Morgan fingerprint density at radius 2 is 1.82 bits per heavy atom. The molecule has 2 aromatic carbocycles. The molecule has 10 heteroatoms. The number of hydrogen-bond donors (Lipinski definition) is 0. The number of ether oxygens (including phenoxy) is 1. The van der Waals surface area contributed by atoms with E-state index < -0.39 is 10.0 Å². The fourth-order valence-electron chi connectivity index (χ4n) is 4.27. The first-order valence-corrected chi connectivity index (χ1v) is 13.5. The van der Waals surface area contributed by atoms with Crippen molar-refractivity contribution in [2.75, 3.05) is 50.0 Å². The molecular weight excluding hydrogens is 460 g/mol. The van der Waals surface area contributed by atoms with E-state index in [1.807, 2.05) is 47.1 Å². The number of carbonyl (C=O) groups excluding carboxylic acids is 1. The second kappa shape index (κ2) is 9.00. The van der Waals surface area contributed by atoms with E-state index in [0.717, 1.165) is 36.0 Å². The van der Waals surface area contributed by atoms with Gasteiger partial charge in [0.15, 0.2) is 5.17 Å². The molecule has 174 valence electrons. The van der Waals surface area contributed by atoms with Crippen LogP contribution in [0.2, 0.25) is 0 Å². The molecular formula is C23H26N4O4S2. The number of piperazine rings is 1. The highest BCUT2D eigenvalue weighted by molar-refractivity contribution is 8.15. The largest absolute Gasteiger partial charge is 0.494 e. The van der Waals surface area contributed by atoms with E-state index in [-0.39, 0.29) is 11.7 Å². The standard InChI is InChI=1S/C23H26N4O4S2/c1-2-31-19-6-3-17(4-7-19)16-25-9-11-26(12-10-25)22(28)18-5-8-20-21(15-18)32-23-24-33(29,30)14-13-27(20)23/h3-8,15H,2,9-14,16H2,1H3. The topological polar surface area (TPSA) is 82.5 Å². The van der Waals surface area contributed by atoms with Crippen LogP contribution < -0.4 is 9.64 Å². The van der Waals surface area contributed by atoms with Gasteiger partial charge in [0.25, 0.3) is 15.9 Å². The Bertz CT molecular complexity index is 1190. The Balaban J connectivity index is 1.20. The fourth-order valence-corrected chi connectivity index (χ4v) is 6.57. The van der Waals surface area contributed by atoms with E-state index in [1.54, 1.807) is 0 Å². The highest BCUT2D eigenvalue weighted by Crippen LogP contribution is 2.42. The summed E-state index contributed by atoms with van der Waals surface area (Å²) in [5, 5.41) is 0.476. The number of amidine groups is 1. The van der Waals surface area contributed by atoms with Crippen molar-refractivity contribution < 1.29 is 17.9 Å². The van der Waals surface area contributed by atoms with Crippen molar-refractivity contribution in [1.29, 1.82) is 0 Å². The summed E-state index contributed by atoms with van der Waals surface area (Å²) in [6.07, 6.45) is 0. The van der Waals surface area contributed by atoms with E-state index in [0.29, 0.717) is 37.0 Å². The van der Waals surface area contributed by atoms with E-state index >= 15 is 0 Å². The van der Waals surface area contributed by atoms with Crippen LogP contribution in [0.15, 0.2) is 51.8 Å². The van der Waals surface area contributed by atoms with Crippen LogP contribution in [-0.4, -0.2) is 74.4 Å². The van der Waals surface area contributed by atoms with Crippen LogP contribution in [0.5, 0.6) is 5.75 Å². The molecule has 1 amide bonds. The van der Waals surface area contributed by atoms with Gasteiger partial charge in [0.05, 0.1) is 18.0 Å². The molecule has 2 aromatic rings. The molecule has 0 bridgehead atoms. The minimum atomic E-state index is -3.39. The van der Waals surface area contributed by atoms with Crippen LogP contribution in [0.4, 0.5) is 5.69 Å². The number of sulfonamides is 1. The molecule has 33 heavy (non-hydrogen) atoms. The fraction of sp³-hybridized carbons (Fsp3) is 0.391. The Morgan fingerprint density at radius 1 is 1.06 bits per heavy atom. The highest BCUT2D eigenvalue weighted by atomic mass is 32.2. The Kier molecular flexibility index (Phi) is 6.07. The zero-order valence-electron chi connectivity index (χ0n) is 18.4. The van der Waals surface area contributed by atoms with Crippen molar-refractivity contribution in [1.82, 2.24) is 9.80 Å². The van der Waals surface area contributed by atoms with E-state index in [1.165, 1.54) is 17.3 Å². The van der Waals surface area contributed by atoms with Crippen molar-refractivity contribution in [2.45, 2.75) is 18.4 Å². The summed E-state index contributed by atoms with van der Waals surface area (Å²) >= 11 is 1.32. The van der Waals surface area contributed by atoms with Gasteiger partial charge >= 0.3 is 0 Å². The summed E-state index contributed by atoms with van der Waals surface area (Å²) < 4.78 is 33.0. The number of carbonyl (C=O) groups is 1. The maximum atomic E-state index is 13.1. The first kappa shape index (κ1) is 22.2. The van der Waals surface area contributed by atoms with Gasteiger partial charge in [-0.3, -0.25) is 9.69 Å². The molecule has 0 saturated carbocycles. The van der Waals surface area contributed by atoms with Gasteiger partial charge in [0.2, 0.25) is 0 Å². The van der Waals surface area contributed by atoms with Gasteiger partial charge in [0.1, 0.15) is 5.75 Å². The van der Waals surface area contributed by atoms with Crippen molar-refractivity contribution in [3.05, 3.63) is 53.6 Å². The van der Waals surface area contributed by atoms with Gasteiger partial charge in [0, 0.05) is 49.7 Å². The normalized spacial score (nSPS) is 19.6. The molecule has 1 fully saturated rings. The van der Waals surface area contributed by atoms with E-state index in [2.05, 4.69) is 21.4 Å². The number of anilines is 1. The molecule has 0 N–H and O–H groups in total. The number of benzene rings is 2. The SMILES string of the molecule is CCOc1ccc(CN2CCN(C(=O)c3ccc4c(c3)SC3=NS(=O)(=O)CCN34)CC2)cc1. The Labute approximate surface area is 198 Å². The molecule has 0 aliphatic carbocycles. The third kappa shape index (κ3) is 4.73. The van der Waals surface area contributed by atoms with Crippen LogP contribution in [0.25, 0.3) is 0 Å². The number of amides is 1. The summed E-state index contributed by atoms with van der Waals surface area (Å²) in [5.74, 6) is 0.908. The first-order chi connectivity index (χ1) is 15.9. The molecule has 3 aliphatic rings. The van der Waals surface area contributed by atoms with Gasteiger partial charge in [-0.1, -0.05) is 12.1 Å². The zero-order valence-corrected chi connectivity index (χ0v) is 20.1. The molecule has 0 atom stereocenters. The maximum Gasteiger partial charge on any atom is 0.257 e. The predicted molar refractivity (Wildman–Crippen MR) is 130 cm³/mol. The number of hydrogen-bond acceptors (Lipinski definition) is 7. The van der Waals surface area contributed by atoms with Crippen molar-refractivity contribution >= 4 is 38.5 Å². The summed E-state index contributed by atoms with van der Waals surface area (Å²) in [7, 11) is -3.39. The molecule has 3 aliphatic heterocycles. The number of rotatable bonds is 5. The average molecular weight is 487 g/mol. The van der Waals surface area contributed by atoms with Crippen molar-refractivity contribution in [3.63, 3.8) is 0 Å². The molecule has 1 saturated heterocycles. The maximum absolute atomic E-state index is 13.1. The molecule has 5 rings (SSSR count). The summed E-state index contributed by atoms with van der Waals surface area (Å²) in [6.45, 7) is 6.88. The monoisotopic (exact) mass is 486 g/mol. The summed E-state index contributed by atoms with van der Waals surface area (Å²) in [6, 6.07) is 13.8. The predicted octanol–water partition coefficient (Wildman–Crippen LogP) is 2.65. The molecule has 3 heterocycles. The molecule has 0 unspecified atom stereocenters. The Hall–Kier alpha value is -2.56. The third-order valence-corrected chi connectivity index (χ3v) is 8.33. The van der Waals surface area contributed by atoms with E-state index in [9.17, 15) is 13.2 Å². The van der Waals surface area contributed by atoms with Crippen molar-refractivity contribution in [2.24, 2.45) is 4.40 Å². The number of thioether (sulfide) groups is 1. The zero-order chi connectivity index (χ0) is 23.0. The van der Waals surface area contributed by atoms with Gasteiger partial charge in [-0.15, -0.1) is 4.40 Å². The second-order valence-corrected chi connectivity index (χ2v) is 11.0. The molecule has 0 spiro atoms. The van der Waals surface area contributed by atoms with Gasteiger partial charge in [-0.25, -0.2) is 8.42 Å². The van der Waals surface area contributed by atoms with Crippen LogP contribution in [-0.2, 0) is 16.6 Å². The third-order valence-electron chi connectivity index (χ3n) is 6.02. The van der Waals surface area contributed by atoms with Crippen LogP contribution in [0.1, 0.15) is 22.8 Å². The molecule has 0 radical (unpaired) electrons. The molecule has 8 nitrogen and oxygen atoms in total. The van der Waals surface area contributed by atoms with Crippen LogP contribution in [0, 0.1) is 0 Å². The smallest absolute Gasteiger partial charge is 0.257 e. The number of fused-ring (bicyclic) bond motifs is 3. The minimum absolute atomic E-state index is 0.0120. The van der Waals surface area contributed by atoms with Crippen LogP contribution in [0.3, 0.4) is 0 Å². The van der Waals surface area contributed by atoms with Gasteiger partial charge < -0.3 is 14.5 Å². The highest BCUT2D eigenvalue weighted by Gasteiger charge is 2.34. The Morgan fingerprint density at radius 3 is 2.55 bits per heavy atom. The average Bonchev–Trinajstić information content (AvgIpc) is 3.16. The van der Waals surface area contributed by atoms with Gasteiger partial charge in [-0.05, 0) is 54.6 Å². The lowest BCUT2D eigenvalue weighted by molar-refractivity contribution is 0.0628. The quantitative estimate of drug-likeness (QED) is 0.643. The van der Waals surface area contributed by atoms with Gasteiger partial charge in [-0.2, -0.15) is 0 Å². The van der Waals surface area contributed by atoms with Crippen molar-refractivity contribution in [3.8, 4) is 5.75 Å². The molecule has 0 aromatic heterocycles. The number of nitrogens with zero attached hydrogens (tertiary/aromatic N) is 4. The summed E-state index contributed by atoms with van der Waals surface area (Å²) in [4.78, 5) is 20.2. The second-order valence-electron chi connectivity index (χ2n) is 8.24. The summed E-state index contributed by atoms with van der Waals surface area (Å²) in [5.41, 5.74) is 2.78. The van der Waals surface area contributed by atoms with Crippen LogP contribution >= 0.6 is 11.8 Å². The lowest BCUT2D eigenvalue weighted by Crippen LogP contribution is -2.48. The lowest BCUT2D eigenvalue weighted by Gasteiger charge is -2.35. The first-order valence-electron chi connectivity index (χ1n) is 11.1. The minimum Gasteiger partial charge on any atom is -0.494 e.